The van der Waals surface area contributed by atoms with Crippen LogP contribution < -0.4 is 5.73 Å². The van der Waals surface area contributed by atoms with Crippen LogP contribution in [0.4, 0.5) is 0 Å². The van der Waals surface area contributed by atoms with Gasteiger partial charge in [-0.15, -0.1) is 0 Å². The number of hydrogen-bond acceptors (Lipinski definition) is 3. The maximum Gasteiger partial charge on any atom is 0.0697 e. The fourth-order valence-electron chi connectivity index (χ4n) is 1.92. The summed E-state index contributed by atoms with van der Waals surface area (Å²) in [6, 6.07) is 2.36. The number of nitrogens with two attached hydrogens (primary N) is 1. The van der Waals surface area contributed by atoms with Crippen molar-refractivity contribution in [3.05, 3.63) is 0 Å². The van der Waals surface area contributed by atoms with Gasteiger partial charge in [-0.25, -0.2) is 0 Å². The summed E-state index contributed by atoms with van der Waals surface area (Å²) in [6.07, 6.45) is 2.24. The fraction of sp³-hybridized carbons (Fsp3) is 0.923. The molecular formula is C13H26N2O. The first-order valence-corrected chi connectivity index (χ1v) is 6.28. The maximum atomic E-state index is 9.06. The predicted octanol–water partition coefficient (Wildman–Crippen LogP) is 2.56. The lowest BCUT2D eigenvalue weighted by Crippen LogP contribution is -2.28. The van der Waals surface area contributed by atoms with Crippen molar-refractivity contribution in [1.29, 1.82) is 5.26 Å². The van der Waals surface area contributed by atoms with Crippen LogP contribution in [0, 0.1) is 29.1 Å². The van der Waals surface area contributed by atoms with Crippen LogP contribution in [-0.4, -0.2) is 19.3 Å². The van der Waals surface area contributed by atoms with Crippen LogP contribution in [0.15, 0.2) is 0 Å². The van der Waals surface area contributed by atoms with E-state index in [1.54, 1.807) is 0 Å². The summed E-state index contributed by atoms with van der Waals surface area (Å²) in [4.78, 5) is 0. The molecule has 3 heteroatoms. The molecule has 0 fully saturated rings. The smallest absolute Gasteiger partial charge is 0.0697 e. The van der Waals surface area contributed by atoms with Crippen molar-refractivity contribution in [3.63, 3.8) is 0 Å². The third-order valence-corrected chi connectivity index (χ3v) is 2.95. The zero-order chi connectivity index (χ0) is 12.6. The van der Waals surface area contributed by atoms with Gasteiger partial charge >= 0.3 is 0 Å². The normalized spacial score (nSPS) is 16.8. The monoisotopic (exact) mass is 226 g/mol. The first-order chi connectivity index (χ1) is 7.56. The van der Waals surface area contributed by atoms with E-state index in [9.17, 15) is 0 Å². The SMILES string of the molecule is CCCC(CN)OCC(C)C(C#N)C(C)C. The van der Waals surface area contributed by atoms with Crippen molar-refractivity contribution in [2.75, 3.05) is 13.2 Å². The summed E-state index contributed by atoms with van der Waals surface area (Å²) in [7, 11) is 0. The van der Waals surface area contributed by atoms with E-state index in [0.717, 1.165) is 12.8 Å². The fourth-order valence-corrected chi connectivity index (χ4v) is 1.92. The molecule has 0 radical (unpaired) electrons. The lowest BCUT2D eigenvalue weighted by molar-refractivity contribution is 0.0207. The minimum absolute atomic E-state index is 0.0695. The van der Waals surface area contributed by atoms with Crippen molar-refractivity contribution in [2.45, 2.75) is 46.6 Å². The average molecular weight is 226 g/mol. The highest BCUT2D eigenvalue weighted by Gasteiger charge is 2.21. The van der Waals surface area contributed by atoms with Gasteiger partial charge in [0.1, 0.15) is 0 Å². The second-order valence-electron chi connectivity index (χ2n) is 4.86. The molecule has 94 valence electrons. The molecule has 0 heterocycles. The van der Waals surface area contributed by atoms with Gasteiger partial charge in [0.15, 0.2) is 0 Å². The first-order valence-electron chi connectivity index (χ1n) is 6.28. The van der Waals surface area contributed by atoms with Gasteiger partial charge in [-0.2, -0.15) is 5.26 Å². The summed E-state index contributed by atoms with van der Waals surface area (Å²) < 4.78 is 5.75. The molecular weight excluding hydrogens is 200 g/mol. The Morgan fingerprint density at radius 1 is 1.31 bits per heavy atom. The molecule has 0 saturated heterocycles. The number of nitriles is 1. The molecule has 2 N–H and O–H groups in total. The first kappa shape index (κ1) is 15.4. The van der Waals surface area contributed by atoms with Gasteiger partial charge in [-0.05, 0) is 18.3 Å². The number of rotatable bonds is 8. The molecule has 16 heavy (non-hydrogen) atoms. The third-order valence-electron chi connectivity index (χ3n) is 2.95. The lowest BCUT2D eigenvalue weighted by atomic mass is 9.86. The molecule has 0 aliphatic heterocycles. The zero-order valence-electron chi connectivity index (χ0n) is 11.1. The second-order valence-corrected chi connectivity index (χ2v) is 4.86. The quantitative estimate of drug-likeness (QED) is 0.692. The van der Waals surface area contributed by atoms with Crippen LogP contribution in [0.25, 0.3) is 0 Å². The molecule has 0 aliphatic carbocycles. The second kappa shape index (κ2) is 8.55. The van der Waals surface area contributed by atoms with Crippen LogP contribution in [0.3, 0.4) is 0 Å². The largest absolute Gasteiger partial charge is 0.377 e. The van der Waals surface area contributed by atoms with E-state index >= 15 is 0 Å². The molecule has 3 unspecified atom stereocenters. The van der Waals surface area contributed by atoms with E-state index in [2.05, 4.69) is 33.8 Å². The molecule has 3 nitrogen and oxygen atoms in total. The Balaban J connectivity index is 4.03. The standard InChI is InChI=1S/C13H26N2O/c1-5-6-12(7-14)16-9-11(4)13(8-15)10(2)3/h10-13H,5-7,9,14H2,1-4H3. The van der Waals surface area contributed by atoms with Crippen molar-refractivity contribution < 1.29 is 4.74 Å². The van der Waals surface area contributed by atoms with Gasteiger partial charge in [-0.3, -0.25) is 0 Å². The zero-order valence-corrected chi connectivity index (χ0v) is 11.1. The van der Waals surface area contributed by atoms with Crippen LogP contribution in [0.1, 0.15) is 40.5 Å². The van der Waals surface area contributed by atoms with E-state index in [1.807, 2.05) is 0 Å². The minimum Gasteiger partial charge on any atom is -0.377 e. The summed E-state index contributed by atoms with van der Waals surface area (Å²) in [5.74, 6) is 0.724. The minimum atomic E-state index is 0.0695. The highest BCUT2D eigenvalue weighted by Crippen LogP contribution is 2.20. The Morgan fingerprint density at radius 3 is 2.31 bits per heavy atom. The Kier molecular flexibility index (Phi) is 8.23. The van der Waals surface area contributed by atoms with Crippen LogP contribution >= 0.6 is 0 Å². The van der Waals surface area contributed by atoms with Gasteiger partial charge in [0.05, 0.1) is 24.7 Å². The molecule has 0 aromatic rings. The number of nitrogens with zero attached hydrogens (tertiary/aromatic N) is 1. The van der Waals surface area contributed by atoms with Gasteiger partial charge in [0.25, 0.3) is 0 Å². The Labute approximate surface area is 100.0 Å². The van der Waals surface area contributed by atoms with Crippen molar-refractivity contribution in [1.82, 2.24) is 0 Å². The van der Waals surface area contributed by atoms with E-state index in [1.165, 1.54) is 0 Å². The Morgan fingerprint density at radius 2 is 1.94 bits per heavy atom. The van der Waals surface area contributed by atoms with E-state index in [4.69, 9.17) is 15.7 Å². The predicted molar refractivity (Wildman–Crippen MR) is 66.8 cm³/mol. The molecule has 0 rings (SSSR count). The average Bonchev–Trinajstić information content (AvgIpc) is 2.24. The summed E-state index contributed by atoms with van der Waals surface area (Å²) >= 11 is 0. The number of ether oxygens (including phenoxy) is 1. The maximum absolute atomic E-state index is 9.06. The van der Waals surface area contributed by atoms with Crippen LogP contribution in [0.5, 0.6) is 0 Å². The summed E-state index contributed by atoms with van der Waals surface area (Å²) in [6.45, 7) is 9.57. The molecule has 0 aromatic heterocycles. The van der Waals surface area contributed by atoms with E-state index < -0.39 is 0 Å². The van der Waals surface area contributed by atoms with Gasteiger partial charge in [0.2, 0.25) is 0 Å². The van der Waals surface area contributed by atoms with E-state index in [0.29, 0.717) is 19.1 Å². The highest BCUT2D eigenvalue weighted by atomic mass is 16.5. The lowest BCUT2D eigenvalue weighted by Gasteiger charge is -2.23. The highest BCUT2D eigenvalue weighted by molar-refractivity contribution is 4.88. The number of hydrogen-bond donors (Lipinski definition) is 1. The molecule has 0 aliphatic rings. The van der Waals surface area contributed by atoms with E-state index in [-0.39, 0.29) is 17.9 Å². The summed E-state index contributed by atoms with van der Waals surface area (Å²) in [5.41, 5.74) is 5.62. The van der Waals surface area contributed by atoms with Crippen molar-refractivity contribution in [3.8, 4) is 6.07 Å². The van der Waals surface area contributed by atoms with Crippen molar-refractivity contribution in [2.24, 2.45) is 23.5 Å². The molecule has 0 saturated carbocycles. The van der Waals surface area contributed by atoms with Crippen LogP contribution in [-0.2, 0) is 4.74 Å². The summed E-state index contributed by atoms with van der Waals surface area (Å²) in [5, 5.41) is 9.06. The topological polar surface area (TPSA) is 59.0 Å². The Bertz CT molecular complexity index is 210. The molecule has 0 amide bonds. The van der Waals surface area contributed by atoms with Gasteiger partial charge < -0.3 is 10.5 Å². The third kappa shape index (κ3) is 5.48. The van der Waals surface area contributed by atoms with Gasteiger partial charge in [0, 0.05) is 6.54 Å². The Hall–Kier alpha value is -0.590. The molecule has 0 bridgehead atoms. The molecule has 0 aromatic carbocycles. The van der Waals surface area contributed by atoms with Crippen LogP contribution in [0.2, 0.25) is 0 Å². The van der Waals surface area contributed by atoms with Gasteiger partial charge in [-0.1, -0.05) is 34.1 Å². The molecule has 0 spiro atoms. The molecule has 3 atom stereocenters. The van der Waals surface area contributed by atoms with Crippen molar-refractivity contribution >= 4 is 0 Å².